The minimum absolute atomic E-state index is 0.137. The first kappa shape index (κ1) is 17.0. The standard InChI is InChI=1S/C18H16F2N2O3/c19-14-7-6-13(10-15(14)20)21-17(23)11-3-1-4-12(9-11)22-18(24)16-5-2-8-25-16/h1,3-4,6-7,9-10,16H,2,5,8H2,(H,21,23)(H,22,24). The van der Waals surface area contributed by atoms with Gasteiger partial charge in [0.2, 0.25) is 0 Å². The second-order valence-electron chi connectivity index (χ2n) is 5.65. The molecule has 1 heterocycles. The smallest absolute Gasteiger partial charge is 0.255 e. The van der Waals surface area contributed by atoms with Crippen molar-refractivity contribution in [3.05, 3.63) is 59.7 Å². The van der Waals surface area contributed by atoms with E-state index >= 15 is 0 Å². The van der Waals surface area contributed by atoms with Crippen LogP contribution in [0.4, 0.5) is 20.2 Å². The van der Waals surface area contributed by atoms with Crippen LogP contribution < -0.4 is 10.6 Å². The molecule has 2 amide bonds. The van der Waals surface area contributed by atoms with Gasteiger partial charge in [-0.2, -0.15) is 0 Å². The molecule has 0 aliphatic carbocycles. The topological polar surface area (TPSA) is 67.4 Å². The largest absolute Gasteiger partial charge is 0.368 e. The summed E-state index contributed by atoms with van der Waals surface area (Å²) in [5.41, 5.74) is 0.867. The van der Waals surface area contributed by atoms with Crippen molar-refractivity contribution < 1.29 is 23.1 Å². The van der Waals surface area contributed by atoms with E-state index in [-0.39, 0.29) is 17.2 Å². The highest BCUT2D eigenvalue weighted by atomic mass is 19.2. The summed E-state index contributed by atoms with van der Waals surface area (Å²) in [6.07, 6.45) is 1.04. The van der Waals surface area contributed by atoms with E-state index < -0.39 is 23.6 Å². The minimum Gasteiger partial charge on any atom is -0.368 e. The second kappa shape index (κ2) is 7.40. The van der Waals surface area contributed by atoms with Crippen LogP contribution in [0.25, 0.3) is 0 Å². The molecule has 0 bridgehead atoms. The zero-order valence-electron chi connectivity index (χ0n) is 13.2. The van der Waals surface area contributed by atoms with Crippen LogP contribution in [0, 0.1) is 11.6 Å². The van der Waals surface area contributed by atoms with Crippen LogP contribution in [-0.4, -0.2) is 24.5 Å². The highest BCUT2D eigenvalue weighted by Gasteiger charge is 2.23. The van der Waals surface area contributed by atoms with Crippen LogP contribution in [0.3, 0.4) is 0 Å². The molecule has 0 saturated carbocycles. The monoisotopic (exact) mass is 346 g/mol. The van der Waals surface area contributed by atoms with Crippen LogP contribution in [0.5, 0.6) is 0 Å². The molecule has 1 aliphatic heterocycles. The number of hydrogen-bond acceptors (Lipinski definition) is 3. The number of ether oxygens (including phenoxy) is 1. The molecule has 1 aliphatic rings. The van der Waals surface area contributed by atoms with Crippen molar-refractivity contribution in [1.29, 1.82) is 0 Å². The number of amides is 2. The highest BCUT2D eigenvalue weighted by molar-refractivity contribution is 6.05. The number of nitrogens with one attached hydrogen (secondary N) is 2. The van der Waals surface area contributed by atoms with Crippen LogP contribution in [-0.2, 0) is 9.53 Å². The molecule has 25 heavy (non-hydrogen) atoms. The molecule has 2 aromatic carbocycles. The number of anilines is 2. The Balaban J connectivity index is 1.68. The van der Waals surface area contributed by atoms with E-state index in [0.29, 0.717) is 18.7 Å². The summed E-state index contributed by atoms with van der Waals surface area (Å²) in [4.78, 5) is 24.3. The lowest BCUT2D eigenvalue weighted by atomic mass is 10.1. The third kappa shape index (κ3) is 4.19. The van der Waals surface area contributed by atoms with Crippen molar-refractivity contribution in [3.8, 4) is 0 Å². The van der Waals surface area contributed by atoms with Gasteiger partial charge < -0.3 is 15.4 Å². The fraction of sp³-hybridized carbons (Fsp3) is 0.222. The Morgan fingerprint density at radius 1 is 1.00 bits per heavy atom. The van der Waals surface area contributed by atoms with Crippen LogP contribution in [0.1, 0.15) is 23.2 Å². The number of halogens is 2. The quantitative estimate of drug-likeness (QED) is 0.892. The second-order valence-corrected chi connectivity index (χ2v) is 5.65. The molecule has 1 fully saturated rings. The molecule has 2 N–H and O–H groups in total. The molecule has 7 heteroatoms. The fourth-order valence-corrected chi connectivity index (χ4v) is 2.52. The molecule has 1 saturated heterocycles. The Hall–Kier alpha value is -2.80. The van der Waals surface area contributed by atoms with Crippen LogP contribution in [0.2, 0.25) is 0 Å². The Morgan fingerprint density at radius 2 is 1.80 bits per heavy atom. The lowest BCUT2D eigenvalue weighted by Gasteiger charge is -2.11. The summed E-state index contributed by atoms with van der Waals surface area (Å²) in [6.45, 7) is 0.564. The molecule has 3 rings (SSSR count). The van der Waals surface area contributed by atoms with Gasteiger partial charge in [0, 0.05) is 29.6 Å². The van der Waals surface area contributed by atoms with E-state index in [0.717, 1.165) is 18.6 Å². The Labute approximate surface area is 143 Å². The summed E-state index contributed by atoms with van der Waals surface area (Å²) >= 11 is 0. The van der Waals surface area contributed by atoms with Crippen molar-refractivity contribution in [2.24, 2.45) is 0 Å². The van der Waals surface area contributed by atoms with Gasteiger partial charge in [-0.05, 0) is 43.2 Å². The van der Waals surface area contributed by atoms with Gasteiger partial charge >= 0.3 is 0 Å². The molecule has 0 radical (unpaired) electrons. The Bertz CT molecular complexity index is 805. The maximum Gasteiger partial charge on any atom is 0.255 e. The number of benzene rings is 2. The van der Waals surface area contributed by atoms with E-state index in [9.17, 15) is 18.4 Å². The first-order valence-corrected chi connectivity index (χ1v) is 7.82. The van der Waals surface area contributed by atoms with Crippen molar-refractivity contribution in [2.45, 2.75) is 18.9 Å². The minimum atomic E-state index is -1.05. The summed E-state index contributed by atoms with van der Waals surface area (Å²) in [7, 11) is 0. The molecule has 1 atom stereocenters. The summed E-state index contributed by atoms with van der Waals surface area (Å²) in [5, 5.41) is 5.18. The maximum absolute atomic E-state index is 13.2. The summed E-state index contributed by atoms with van der Waals surface area (Å²) < 4.78 is 31.4. The summed E-state index contributed by atoms with van der Waals surface area (Å²) in [6, 6.07) is 9.42. The zero-order valence-corrected chi connectivity index (χ0v) is 13.2. The molecule has 0 spiro atoms. The van der Waals surface area contributed by atoms with Crippen LogP contribution in [0.15, 0.2) is 42.5 Å². The van der Waals surface area contributed by atoms with Gasteiger partial charge in [-0.1, -0.05) is 6.07 Å². The Kier molecular flexibility index (Phi) is 5.04. The van der Waals surface area contributed by atoms with E-state index in [1.165, 1.54) is 12.1 Å². The van der Waals surface area contributed by atoms with Gasteiger partial charge in [0.15, 0.2) is 11.6 Å². The number of hydrogen-bond donors (Lipinski definition) is 2. The van der Waals surface area contributed by atoms with Crippen molar-refractivity contribution in [2.75, 3.05) is 17.2 Å². The average Bonchev–Trinajstić information content (AvgIpc) is 3.13. The molecule has 130 valence electrons. The van der Waals surface area contributed by atoms with E-state index in [4.69, 9.17) is 4.74 Å². The van der Waals surface area contributed by atoms with E-state index in [1.54, 1.807) is 18.2 Å². The molecule has 5 nitrogen and oxygen atoms in total. The van der Waals surface area contributed by atoms with Crippen LogP contribution >= 0.6 is 0 Å². The lowest BCUT2D eigenvalue weighted by Crippen LogP contribution is -2.27. The van der Waals surface area contributed by atoms with Gasteiger partial charge in [0.25, 0.3) is 11.8 Å². The SMILES string of the molecule is O=C(Nc1ccc(F)c(F)c1)c1cccc(NC(=O)C2CCCO2)c1. The lowest BCUT2D eigenvalue weighted by molar-refractivity contribution is -0.124. The predicted octanol–water partition coefficient (Wildman–Crippen LogP) is 3.33. The number of carbonyl (C=O) groups excluding carboxylic acids is 2. The molecule has 0 aromatic heterocycles. The predicted molar refractivity (Wildman–Crippen MR) is 88.4 cm³/mol. The first-order chi connectivity index (χ1) is 12.0. The average molecular weight is 346 g/mol. The van der Waals surface area contributed by atoms with Gasteiger partial charge in [-0.3, -0.25) is 9.59 Å². The zero-order chi connectivity index (χ0) is 17.8. The molecule has 2 aromatic rings. The van der Waals surface area contributed by atoms with E-state index in [2.05, 4.69) is 10.6 Å². The van der Waals surface area contributed by atoms with Gasteiger partial charge in [0.1, 0.15) is 6.10 Å². The third-order valence-electron chi connectivity index (χ3n) is 3.79. The number of rotatable bonds is 4. The molecule has 1 unspecified atom stereocenters. The van der Waals surface area contributed by atoms with Crippen molar-refractivity contribution in [3.63, 3.8) is 0 Å². The van der Waals surface area contributed by atoms with Gasteiger partial charge in [-0.15, -0.1) is 0 Å². The van der Waals surface area contributed by atoms with Crippen molar-refractivity contribution in [1.82, 2.24) is 0 Å². The van der Waals surface area contributed by atoms with Crippen molar-refractivity contribution >= 4 is 23.2 Å². The third-order valence-corrected chi connectivity index (χ3v) is 3.79. The van der Waals surface area contributed by atoms with Gasteiger partial charge in [-0.25, -0.2) is 8.78 Å². The maximum atomic E-state index is 13.2. The normalized spacial score (nSPS) is 16.5. The summed E-state index contributed by atoms with van der Waals surface area (Å²) in [5.74, 6) is -2.79. The Morgan fingerprint density at radius 3 is 2.52 bits per heavy atom. The van der Waals surface area contributed by atoms with Gasteiger partial charge in [0.05, 0.1) is 0 Å². The fourth-order valence-electron chi connectivity index (χ4n) is 2.52. The molecular formula is C18H16F2N2O3. The van der Waals surface area contributed by atoms with E-state index in [1.807, 2.05) is 0 Å². The first-order valence-electron chi connectivity index (χ1n) is 7.82. The number of carbonyl (C=O) groups is 2. The molecular weight excluding hydrogens is 330 g/mol. The highest BCUT2D eigenvalue weighted by Crippen LogP contribution is 2.18.